The zero-order valence-corrected chi connectivity index (χ0v) is 27.1. The smallest absolute Gasteiger partial charge is 0.323 e. The van der Waals surface area contributed by atoms with Gasteiger partial charge in [-0.05, 0) is 56.5 Å². The standard InChI is InChI=1S/C34H46N6O5/c1-7-14-44-33(41)29(17-22(2)3)35-19-26-18-25(8-11-30(26)42-6)28-10-9-27-31(36-28)37-34(40-20-23(4)45-24(5)21-40)38-32(27)39-12-15-43-16-13-39/h7-11,18,22-24,29,35H,1,12-17,19-21H2,2-6H3/t23-,24+,29-/m0/s1. The second-order valence-electron chi connectivity index (χ2n) is 12.2. The number of ether oxygens (including phenoxy) is 4. The lowest BCUT2D eigenvalue weighted by Crippen LogP contribution is -2.46. The highest BCUT2D eigenvalue weighted by Crippen LogP contribution is 2.31. The minimum atomic E-state index is -0.448. The van der Waals surface area contributed by atoms with Gasteiger partial charge in [0.25, 0.3) is 0 Å². The minimum absolute atomic E-state index is 0.0782. The summed E-state index contributed by atoms with van der Waals surface area (Å²) in [4.78, 5) is 32.3. The van der Waals surface area contributed by atoms with Gasteiger partial charge in [-0.3, -0.25) is 4.79 Å². The lowest BCUT2D eigenvalue weighted by atomic mass is 10.0. The van der Waals surface area contributed by atoms with Gasteiger partial charge >= 0.3 is 5.97 Å². The first kappa shape index (κ1) is 32.6. The van der Waals surface area contributed by atoms with Crippen molar-refractivity contribution in [2.45, 2.75) is 58.9 Å². The molecule has 242 valence electrons. The fourth-order valence-electron chi connectivity index (χ4n) is 5.93. The molecule has 0 unspecified atom stereocenters. The molecule has 2 aromatic heterocycles. The molecule has 3 atom stereocenters. The molecule has 0 saturated carbocycles. The number of carbonyl (C=O) groups excluding carboxylic acids is 1. The van der Waals surface area contributed by atoms with Crippen LogP contribution >= 0.6 is 0 Å². The predicted octanol–water partition coefficient (Wildman–Crippen LogP) is 4.38. The number of hydrogen-bond acceptors (Lipinski definition) is 11. The molecule has 5 rings (SSSR count). The van der Waals surface area contributed by atoms with E-state index in [4.69, 9.17) is 33.9 Å². The molecule has 3 aromatic rings. The van der Waals surface area contributed by atoms with Crippen LogP contribution in [0.3, 0.4) is 0 Å². The van der Waals surface area contributed by atoms with Gasteiger partial charge in [-0.1, -0.05) is 26.5 Å². The van der Waals surface area contributed by atoms with Crippen molar-refractivity contribution in [1.82, 2.24) is 20.3 Å². The molecule has 1 aromatic carbocycles. The number of anilines is 2. The van der Waals surface area contributed by atoms with E-state index in [1.165, 1.54) is 0 Å². The number of methoxy groups -OCH3 is 1. The van der Waals surface area contributed by atoms with Crippen molar-refractivity contribution in [2.24, 2.45) is 5.92 Å². The van der Waals surface area contributed by atoms with E-state index >= 15 is 0 Å². The Morgan fingerprint density at radius 2 is 1.84 bits per heavy atom. The van der Waals surface area contributed by atoms with Gasteiger partial charge in [-0.15, -0.1) is 0 Å². The highest BCUT2D eigenvalue weighted by Gasteiger charge is 2.27. The number of carbonyl (C=O) groups is 1. The molecule has 0 spiro atoms. The fourth-order valence-corrected chi connectivity index (χ4v) is 5.93. The first-order valence-corrected chi connectivity index (χ1v) is 15.9. The maximum Gasteiger partial charge on any atom is 0.323 e. The monoisotopic (exact) mass is 618 g/mol. The molecule has 0 aliphatic carbocycles. The fraction of sp³-hybridized carbons (Fsp3) is 0.529. The number of esters is 1. The normalized spacial score (nSPS) is 19.5. The number of rotatable bonds is 12. The van der Waals surface area contributed by atoms with Crippen molar-refractivity contribution < 1.29 is 23.7 Å². The zero-order chi connectivity index (χ0) is 31.9. The van der Waals surface area contributed by atoms with Gasteiger partial charge in [-0.2, -0.15) is 9.97 Å². The van der Waals surface area contributed by atoms with Gasteiger partial charge in [0.1, 0.15) is 24.2 Å². The van der Waals surface area contributed by atoms with Crippen molar-refractivity contribution in [1.29, 1.82) is 0 Å². The van der Waals surface area contributed by atoms with Crippen LogP contribution in [0.4, 0.5) is 11.8 Å². The number of pyridine rings is 1. The van der Waals surface area contributed by atoms with E-state index in [-0.39, 0.29) is 24.8 Å². The van der Waals surface area contributed by atoms with Crippen LogP contribution in [0, 0.1) is 5.92 Å². The van der Waals surface area contributed by atoms with Crippen molar-refractivity contribution in [3.63, 3.8) is 0 Å². The summed E-state index contributed by atoms with van der Waals surface area (Å²) in [7, 11) is 1.65. The van der Waals surface area contributed by atoms with E-state index in [2.05, 4.69) is 61.5 Å². The van der Waals surface area contributed by atoms with E-state index < -0.39 is 6.04 Å². The molecule has 2 aliphatic rings. The van der Waals surface area contributed by atoms with E-state index in [9.17, 15) is 4.79 Å². The Hall–Kier alpha value is -3.80. The SMILES string of the molecule is C=CCOC(=O)[C@H](CC(C)C)NCc1cc(-c2ccc3c(N4CCOCC4)nc(N4C[C@@H](C)O[C@@H](C)C4)nc3n2)ccc1OC. The first-order valence-electron chi connectivity index (χ1n) is 15.9. The number of fused-ring (bicyclic) bond motifs is 1. The Morgan fingerprint density at radius 1 is 1.09 bits per heavy atom. The molecular formula is C34H46N6O5. The average molecular weight is 619 g/mol. The number of nitrogens with one attached hydrogen (secondary N) is 1. The Morgan fingerprint density at radius 3 is 2.53 bits per heavy atom. The van der Waals surface area contributed by atoms with Gasteiger partial charge in [0.2, 0.25) is 5.95 Å². The van der Waals surface area contributed by atoms with E-state index in [0.717, 1.165) is 46.9 Å². The van der Waals surface area contributed by atoms with Crippen LogP contribution in [0.25, 0.3) is 22.3 Å². The topological polar surface area (TPSA) is 111 Å². The van der Waals surface area contributed by atoms with Gasteiger partial charge < -0.3 is 34.1 Å². The zero-order valence-electron chi connectivity index (χ0n) is 27.1. The van der Waals surface area contributed by atoms with Crippen LogP contribution in [0.5, 0.6) is 5.75 Å². The summed E-state index contributed by atoms with van der Waals surface area (Å²) in [6.45, 7) is 16.8. The van der Waals surface area contributed by atoms with Gasteiger partial charge in [-0.25, -0.2) is 4.98 Å². The van der Waals surface area contributed by atoms with E-state index in [1.807, 2.05) is 18.2 Å². The van der Waals surface area contributed by atoms with Gasteiger partial charge in [0.15, 0.2) is 5.65 Å². The summed E-state index contributed by atoms with van der Waals surface area (Å²) in [5.74, 6) is 2.29. The van der Waals surface area contributed by atoms with Gasteiger partial charge in [0, 0.05) is 43.9 Å². The molecule has 2 fully saturated rings. The number of hydrogen-bond donors (Lipinski definition) is 1. The average Bonchev–Trinajstić information content (AvgIpc) is 3.04. The summed E-state index contributed by atoms with van der Waals surface area (Å²) in [5, 5.41) is 4.30. The van der Waals surface area contributed by atoms with Crippen molar-refractivity contribution in [2.75, 3.05) is 62.9 Å². The number of aromatic nitrogens is 3. The number of nitrogens with zero attached hydrogens (tertiary/aromatic N) is 5. The molecule has 1 N–H and O–H groups in total. The molecule has 0 radical (unpaired) electrons. The highest BCUT2D eigenvalue weighted by molar-refractivity contribution is 5.90. The van der Waals surface area contributed by atoms with Crippen LogP contribution in [0.1, 0.15) is 39.7 Å². The molecule has 2 saturated heterocycles. The second-order valence-corrected chi connectivity index (χ2v) is 12.2. The third-order valence-corrected chi connectivity index (χ3v) is 7.99. The quantitative estimate of drug-likeness (QED) is 0.231. The Labute approximate surface area is 265 Å². The summed E-state index contributed by atoms with van der Waals surface area (Å²) in [6.07, 6.45) is 2.38. The number of benzene rings is 1. The van der Waals surface area contributed by atoms with Crippen LogP contribution in [-0.2, 0) is 25.5 Å². The molecular weight excluding hydrogens is 572 g/mol. The molecule has 2 aliphatic heterocycles. The van der Waals surface area contributed by atoms with Crippen molar-refractivity contribution >= 4 is 28.8 Å². The third kappa shape index (κ3) is 8.08. The Kier molecular flexibility index (Phi) is 10.9. The number of morpholine rings is 2. The summed E-state index contributed by atoms with van der Waals surface area (Å²) in [6, 6.07) is 9.62. The van der Waals surface area contributed by atoms with E-state index in [1.54, 1.807) is 13.2 Å². The minimum Gasteiger partial charge on any atom is -0.496 e. The first-order chi connectivity index (χ1) is 21.7. The largest absolute Gasteiger partial charge is 0.496 e. The van der Waals surface area contributed by atoms with Crippen LogP contribution in [0.15, 0.2) is 43.0 Å². The highest BCUT2D eigenvalue weighted by atomic mass is 16.5. The third-order valence-electron chi connectivity index (χ3n) is 7.99. The van der Waals surface area contributed by atoms with Crippen LogP contribution < -0.4 is 19.9 Å². The van der Waals surface area contributed by atoms with Crippen LogP contribution in [0.2, 0.25) is 0 Å². The molecule has 0 bridgehead atoms. The molecule has 0 amide bonds. The molecule has 11 heteroatoms. The maximum atomic E-state index is 12.7. The Bertz CT molecular complexity index is 1470. The molecule has 11 nitrogen and oxygen atoms in total. The summed E-state index contributed by atoms with van der Waals surface area (Å²) in [5.41, 5.74) is 3.27. The predicted molar refractivity (Wildman–Crippen MR) is 176 cm³/mol. The summed E-state index contributed by atoms with van der Waals surface area (Å²) < 4.78 is 22.6. The molecule has 45 heavy (non-hydrogen) atoms. The maximum absolute atomic E-state index is 12.7. The second kappa shape index (κ2) is 15.0. The lowest BCUT2D eigenvalue weighted by molar-refractivity contribution is -0.145. The van der Waals surface area contributed by atoms with Crippen molar-refractivity contribution in [3.8, 4) is 17.0 Å². The van der Waals surface area contributed by atoms with Crippen LogP contribution in [-0.4, -0.2) is 92.3 Å². The van der Waals surface area contributed by atoms with E-state index in [0.29, 0.717) is 56.8 Å². The van der Waals surface area contributed by atoms with Gasteiger partial charge in [0.05, 0.1) is 43.6 Å². The lowest BCUT2D eigenvalue weighted by Gasteiger charge is -2.36. The Balaban J connectivity index is 1.48. The molecule has 4 heterocycles. The van der Waals surface area contributed by atoms with Crippen molar-refractivity contribution in [3.05, 3.63) is 48.6 Å². The summed E-state index contributed by atoms with van der Waals surface area (Å²) >= 11 is 0.